The lowest BCUT2D eigenvalue weighted by molar-refractivity contribution is -0.161. The van der Waals surface area contributed by atoms with E-state index in [9.17, 15) is 4.79 Å². The maximum absolute atomic E-state index is 12.2. The molecule has 4 heteroatoms. The molecule has 1 amide bonds. The fourth-order valence-electron chi connectivity index (χ4n) is 3.08. The van der Waals surface area contributed by atoms with Crippen LogP contribution in [0.2, 0.25) is 0 Å². The van der Waals surface area contributed by atoms with Crippen LogP contribution in [0.5, 0.6) is 0 Å². The number of rotatable bonds is 3. The van der Waals surface area contributed by atoms with Gasteiger partial charge in [-0.15, -0.1) is 0 Å². The van der Waals surface area contributed by atoms with Crippen molar-refractivity contribution >= 4 is 5.91 Å². The summed E-state index contributed by atoms with van der Waals surface area (Å²) in [5, 5.41) is 2.95. The smallest absolute Gasteiger partial charge is 0.251 e. The molecule has 1 atom stereocenters. The molecule has 114 valence electrons. The lowest BCUT2D eigenvalue weighted by Crippen LogP contribution is -2.35. The highest BCUT2D eigenvalue weighted by atomic mass is 16.7. The maximum Gasteiger partial charge on any atom is 0.251 e. The number of amides is 1. The minimum Gasteiger partial charge on any atom is -0.349 e. The molecule has 1 aromatic carbocycles. The Morgan fingerprint density at radius 3 is 2.76 bits per heavy atom. The second-order valence-electron chi connectivity index (χ2n) is 6.18. The fourth-order valence-corrected chi connectivity index (χ4v) is 3.08. The van der Waals surface area contributed by atoms with Crippen LogP contribution in [0.15, 0.2) is 18.2 Å². The molecule has 1 saturated heterocycles. The Morgan fingerprint density at radius 1 is 1.29 bits per heavy atom. The van der Waals surface area contributed by atoms with Crippen LogP contribution < -0.4 is 5.32 Å². The summed E-state index contributed by atoms with van der Waals surface area (Å²) in [5.41, 5.74) is 3.03. The Bertz CT molecular complexity index is 535. The number of nitrogens with one attached hydrogen (secondary N) is 1. The van der Waals surface area contributed by atoms with Crippen molar-refractivity contribution in [2.24, 2.45) is 0 Å². The van der Waals surface area contributed by atoms with Crippen LogP contribution >= 0.6 is 0 Å². The minimum absolute atomic E-state index is 0.0291. The second-order valence-corrected chi connectivity index (χ2v) is 6.18. The summed E-state index contributed by atoms with van der Waals surface area (Å²) < 4.78 is 11.8. The van der Waals surface area contributed by atoms with Crippen molar-refractivity contribution in [2.75, 3.05) is 13.2 Å². The van der Waals surface area contributed by atoms with Crippen molar-refractivity contribution in [1.29, 1.82) is 0 Å². The summed E-state index contributed by atoms with van der Waals surface area (Å²) in [5.74, 6) is -0.399. The summed E-state index contributed by atoms with van der Waals surface area (Å²) in [6.07, 6.45) is 4.27. The molecular weight excluding hydrogens is 266 g/mol. The minimum atomic E-state index is -0.351. The monoisotopic (exact) mass is 289 g/mol. The van der Waals surface area contributed by atoms with Gasteiger partial charge in [-0.05, 0) is 49.9 Å². The highest BCUT2D eigenvalue weighted by molar-refractivity contribution is 5.94. The first-order valence-corrected chi connectivity index (χ1v) is 7.75. The van der Waals surface area contributed by atoms with E-state index in [0.29, 0.717) is 18.7 Å². The lowest BCUT2D eigenvalue weighted by Gasteiger charge is -2.21. The Morgan fingerprint density at radius 2 is 2.05 bits per heavy atom. The van der Waals surface area contributed by atoms with Crippen LogP contribution in [-0.4, -0.2) is 30.9 Å². The first-order chi connectivity index (χ1) is 10.1. The van der Waals surface area contributed by atoms with Gasteiger partial charge >= 0.3 is 0 Å². The molecule has 4 nitrogen and oxygen atoms in total. The van der Waals surface area contributed by atoms with Gasteiger partial charge in [-0.25, -0.2) is 0 Å². The van der Waals surface area contributed by atoms with Gasteiger partial charge in [0.15, 0.2) is 5.79 Å². The van der Waals surface area contributed by atoms with Gasteiger partial charge in [-0.2, -0.15) is 0 Å². The predicted molar refractivity (Wildman–Crippen MR) is 80.3 cm³/mol. The van der Waals surface area contributed by atoms with Gasteiger partial charge in [0.2, 0.25) is 0 Å². The summed E-state index contributed by atoms with van der Waals surface area (Å²) in [6, 6.07) is 5.77. The third-order valence-electron chi connectivity index (χ3n) is 4.54. The van der Waals surface area contributed by atoms with Crippen LogP contribution in [0.3, 0.4) is 0 Å². The molecule has 1 spiro atoms. The van der Waals surface area contributed by atoms with Crippen molar-refractivity contribution < 1.29 is 14.3 Å². The third-order valence-corrected chi connectivity index (χ3v) is 4.54. The average molecular weight is 289 g/mol. The van der Waals surface area contributed by atoms with E-state index < -0.39 is 0 Å². The molecule has 21 heavy (non-hydrogen) atoms. The van der Waals surface area contributed by atoms with E-state index >= 15 is 0 Å². The molecular formula is C17H23NO3. The highest BCUT2D eigenvalue weighted by Gasteiger charge is 2.43. The normalized spacial score (nSPS) is 23.6. The zero-order valence-electron chi connectivity index (χ0n) is 12.8. The first kappa shape index (κ1) is 14.5. The Hall–Kier alpha value is -1.39. The molecule has 1 heterocycles. The molecule has 0 unspecified atom stereocenters. The number of ether oxygens (including phenoxy) is 2. The van der Waals surface area contributed by atoms with Gasteiger partial charge < -0.3 is 14.8 Å². The molecule has 3 rings (SSSR count). The SMILES string of the molecule is Cc1ccc(C(=O)NC[C@@H]2COC3(CCCC3)O2)cc1C. The van der Waals surface area contributed by atoms with E-state index in [4.69, 9.17) is 9.47 Å². The van der Waals surface area contributed by atoms with Crippen molar-refractivity contribution in [3.8, 4) is 0 Å². The molecule has 1 aromatic rings. The Balaban J connectivity index is 1.53. The van der Waals surface area contributed by atoms with Gasteiger partial charge in [0.25, 0.3) is 5.91 Å². The molecule has 0 radical (unpaired) electrons. The summed E-state index contributed by atoms with van der Waals surface area (Å²) in [6.45, 7) is 5.15. The van der Waals surface area contributed by atoms with E-state index in [1.54, 1.807) is 0 Å². The average Bonchev–Trinajstić information content (AvgIpc) is 3.10. The number of hydrogen-bond donors (Lipinski definition) is 1. The fraction of sp³-hybridized carbons (Fsp3) is 0.588. The molecule has 1 aliphatic carbocycles. The largest absolute Gasteiger partial charge is 0.349 e. The molecule has 1 saturated carbocycles. The maximum atomic E-state index is 12.2. The number of carbonyl (C=O) groups is 1. The second kappa shape index (κ2) is 5.78. The van der Waals surface area contributed by atoms with E-state index in [0.717, 1.165) is 18.4 Å². The van der Waals surface area contributed by atoms with Crippen LogP contribution in [0.4, 0.5) is 0 Å². The van der Waals surface area contributed by atoms with Crippen molar-refractivity contribution in [3.63, 3.8) is 0 Å². The van der Waals surface area contributed by atoms with Gasteiger partial charge in [-0.3, -0.25) is 4.79 Å². The zero-order valence-corrected chi connectivity index (χ0v) is 12.8. The molecule has 1 aliphatic heterocycles. The summed E-state index contributed by atoms with van der Waals surface area (Å²) >= 11 is 0. The van der Waals surface area contributed by atoms with E-state index in [1.807, 2.05) is 32.0 Å². The third kappa shape index (κ3) is 3.11. The zero-order chi connectivity index (χ0) is 14.9. The number of aryl methyl sites for hydroxylation is 2. The molecule has 0 aromatic heterocycles. The standard InChI is InChI=1S/C17H23NO3/c1-12-5-6-14(9-13(12)2)16(19)18-10-15-11-20-17(21-15)7-3-4-8-17/h5-6,9,15H,3-4,7-8,10-11H2,1-2H3,(H,18,19)/t15-/m1/s1. The summed E-state index contributed by atoms with van der Waals surface area (Å²) in [4.78, 5) is 12.2. The predicted octanol–water partition coefficient (Wildman–Crippen LogP) is 2.72. The molecule has 0 bridgehead atoms. The van der Waals surface area contributed by atoms with Gasteiger partial charge in [0.1, 0.15) is 6.10 Å². The molecule has 2 aliphatic rings. The van der Waals surface area contributed by atoms with Gasteiger partial charge in [0, 0.05) is 24.9 Å². The van der Waals surface area contributed by atoms with Crippen LogP contribution in [0.25, 0.3) is 0 Å². The van der Waals surface area contributed by atoms with Crippen LogP contribution in [0, 0.1) is 13.8 Å². The Labute approximate surface area is 125 Å². The van der Waals surface area contributed by atoms with Crippen molar-refractivity contribution in [1.82, 2.24) is 5.32 Å². The first-order valence-electron chi connectivity index (χ1n) is 7.75. The van der Waals surface area contributed by atoms with E-state index in [-0.39, 0.29) is 17.8 Å². The van der Waals surface area contributed by atoms with E-state index in [1.165, 1.54) is 18.4 Å². The van der Waals surface area contributed by atoms with Crippen LogP contribution in [0.1, 0.15) is 47.2 Å². The van der Waals surface area contributed by atoms with Crippen LogP contribution in [-0.2, 0) is 9.47 Å². The molecule has 2 fully saturated rings. The van der Waals surface area contributed by atoms with Gasteiger partial charge in [-0.1, -0.05) is 6.07 Å². The van der Waals surface area contributed by atoms with Gasteiger partial charge in [0.05, 0.1) is 6.61 Å². The van der Waals surface area contributed by atoms with Crippen molar-refractivity contribution in [3.05, 3.63) is 34.9 Å². The number of benzene rings is 1. The highest BCUT2D eigenvalue weighted by Crippen LogP contribution is 2.38. The van der Waals surface area contributed by atoms with Crippen molar-refractivity contribution in [2.45, 2.75) is 51.4 Å². The van der Waals surface area contributed by atoms with E-state index in [2.05, 4.69) is 5.32 Å². The molecule has 1 N–H and O–H groups in total. The quantitative estimate of drug-likeness (QED) is 0.930. The summed E-state index contributed by atoms with van der Waals surface area (Å²) in [7, 11) is 0. The Kier molecular flexibility index (Phi) is 4.00. The lowest BCUT2D eigenvalue weighted by atomic mass is 10.1. The topological polar surface area (TPSA) is 47.6 Å². The number of hydrogen-bond acceptors (Lipinski definition) is 3. The number of carbonyl (C=O) groups excluding carboxylic acids is 1.